The van der Waals surface area contributed by atoms with Crippen LogP contribution in [0.5, 0.6) is 0 Å². The zero-order chi connectivity index (χ0) is 26.2. The summed E-state index contributed by atoms with van der Waals surface area (Å²) in [4.78, 5) is 25.8. The van der Waals surface area contributed by atoms with Crippen LogP contribution in [0.4, 0.5) is 23.0 Å². The van der Waals surface area contributed by atoms with E-state index in [2.05, 4.69) is 25.5 Å². The molecule has 5 rings (SSSR count). The van der Waals surface area contributed by atoms with Crippen molar-refractivity contribution in [2.45, 2.75) is 11.6 Å². The van der Waals surface area contributed by atoms with Crippen molar-refractivity contribution in [3.05, 3.63) is 63.8 Å². The number of sulfone groups is 1. The van der Waals surface area contributed by atoms with Gasteiger partial charge in [-0.3, -0.25) is 9.69 Å². The molecule has 3 heterocycles. The Kier molecular flexibility index (Phi) is 7.51. The lowest BCUT2D eigenvalue weighted by atomic mass is 10.1. The number of amides is 1. The van der Waals surface area contributed by atoms with E-state index in [1.165, 1.54) is 22.9 Å². The molecule has 1 aromatic heterocycles. The fraction of sp³-hybridized carbons (Fsp3) is 0.292. The smallest absolute Gasteiger partial charge is 0.263 e. The second-order valence-electron chi connectivity index (χ2n) is 8.63. The highest BCUT2D eigenvalue weighted by molar-refractivity contribution is 7.99. The summed E-state index contributed by atoms with van der Waals surface area (Å²) >= 11 is 14.0. The first kappa shape index (κ1) is 26.1. The van der Waals surface area contributed by atoms with Gasteiger partial charge in [0.15, 0.2) is 9.84 Å². The van der Waals surface area contributed by atoms with Crippen LogP contribution in [0.3, 0.4) is 0 Å². The number of nitrogens with zero attached hydrogens (tertiary/aromatic N) is 4. The Bertz CT molecular complexity index is 1440. The average molecular weight is 580 g/mol. The summed E-state index contributed by atoms with van der Waals surface area (Å²) in [5, 5.41) is 7.77. The molecule has 0 bridgehead atoms. The molecule has 37 heavy (non-hydrogen) atoms. The van der Waals surface area contributed by atoms with E-state index in [0.717, 1.165) is 16.9 Å². The largest absolute Gasteiger partial charge is 0.369 e. The molecule has 194 valence electrons. The quantitative estimate of drug-likeness (QED) is 0.416. The van der Waals surface area contributed by atoms with E-state index >= 15 is 0 Å². The zero-order valence-electron chi connectivity index (χ0n) is 19.9. The number of rotatable bonds is 6. The van der Waals surface area contributed by atoms with Gasteiger partial charge in [-0.2, -0.15) is 0 Å². The Labute approximate surface area is 229 Å². The van der Waals surface area contributed by atoms with Gasteiger partial charge in [-0.25, -0.2) is 18.4 Å². The molecule has 1 fully saturated rings. The van der Waals surface area contributed by atoms with Gasteiger partial charge in [0.2, 0.25) is 5.95 Å². The number of nitrogens with one attached hydrogen (secondary N) is 2. The maximum atomic E-state index is 13.2. The van der Waals surface area contributed by atoms with E-state index in [-0.39, 0.29) is 17.4 Å². The second-order valence-corrected chi connectivity index (χ2v) is 12.7. The van der Waals surface area contributed by atoms with Crippen molar-refractivity contribution in [1.82, 2.24) is 15.3 Å². The number of fused-ring (bicyclic) bond motifs is 1. The van der Waals surface area contributed by atoms with E-state index < -0.39 is 9.84 Å². The summed E-state index contributed by atoms with van der Waals surface area (Å²) in [6.45, 7) is 1.56. The maximum Gasteiger partial charge on any atom is 0.263 e. The van der Waals surface area contributed by atoms with Crippen LogP contribution < -0.4 is 20.4 Å². The molecule has 2 N–H and O–H groups in total. The van der Waals surface area contributed by atoms with E-state index in [0.29, 0.717) is 57.8 Å². The van der Waals surface area contributed by atoms with Crippen molar-refractivity contribution in [3.8, 4) is 0 Å². The van der Waals surface area contributed by atoms with Crippen LogP contribution in [0.15, 0.2) is 47.6 Å². The molecular weight excluding hydrogens is 555 g/mol. The highest BCUT2D eigenvalue weighted by atomic mass is 35.5. The van der Waals surface area contributed by atoms with Crippen molar-refractivity contribution >= 4 is 73.7 Å². The van der Waals surface area contributed by atoms with Crippen LogP contribution in [-0.2, 0) is 16.4 Å². The molecule has 0 radical (unpaired) electrons. The van der Waals surface area contributed by atoms with Crippen molar-refractivity contribution < 1.29 is 13.2 Å². The van der Waals surface area contributed by atoms with Crippen LogP contribution in [0.2, 0.25) is 10.0 Å². The molecule has 9 nitrogen and oxygen atoms in total. The lowest BCUT2D eigenvalue weighted by molar-refractivity contribution is 0.0985. The van der Waals surface area contributed by atoms with Crippen molar-refractivity contribution in [2.75, 3.05) is 52.6 Å². The molecule has 0 atom stereocenters. The highest BCUT2D eigenvalue weighted by Gasteiger charge is 2.30. The van der Waals surface area contributed by atoms with Gasteiger partial charge in [-0.1, -0.05) is 41.0 Å². The number of carbonyl (C=O) groups is 1. The van der Waals surface area contributed by atoms with Crippen LogP contribution >= 0.6 is 35.0 Å². The van der Waals surface area contributed by atoms with Crippen molar-refractivity contribution in [1.29, 1.82) is 0 Å². The average Bonchev–Trinajstić information content (AvgIpc) is 2.86. The molecule has 1 saturated heterocycles. The minimum Gasteiger partial charge on any atom is -0.369 e. The van der Waals surface area contributed by atoms with Gasteiger partial charge in [-0.15, -0.1) is 0 Å². The summed E-state index contributed by atoms with van der Waals surface area (Å²) < 4.78 is 23.7. The van der Waals surface area contributed by atoms with Gasteiger partial charge in [0, 0.05) is 37.2 Å². The minimum absolute atomic E-state index is 0.158. The number of carbonyl (C=O) groups excluding carboxylic acids is 1. The number of hydrogen-bond donors (Lipinski definition) is 2. The van der Waals surface area contributed by atoms with Gasteiger partial charge in [0.25, 0.3) is 5.91 Å². The summed E-state index contributed by atoms with van der Waals surface area (Å²) in [5.74, 6) is 0.741. The van der Waals surface area contributed by atoms with Crippen molar-refractivity contribution in [3.63, 3.8) is 0 Å². The lowest BCUT2D eigenvalue weighted by Crippen LogP contribution is -2.40. The van der Waals surface area contributed by atoms with Crippen LogP contribution in [0, 0.1) is 0 Å². The van der Waals surface area contributed by atoms with Crippen LogP contribution in [0.25, 0.3) is 0 Å². The summed E-state index contributed by atoms with van der Waals surface area (Å²) in [7, 11) is -1.10. The fourth-order valence-electron chi connectivity index (χ4n) is 4.31. The Hall–Kier alpha value is -2.57. The standard InChI is InChI=1S/C24H24Cl2N6O3S2/c1-27-12-15-11-16(5-6-20(15)31-7-9-37(34,35)10-8-31)29-24-28-13-17-22(30-24)36-14-32(23(17)33)21-18(25)3-2-4-19(21)26/h2-6,11,13,27H,7-10,12,14H2,1H3,(H,28,29,30). The van der Waals surface area contributed by atoms with E-state index in [9.17, 15) is 13.2 Å². The monoisotopic (exact) mass is 578 g/mol. The molecule has 0 spiro atoms. The predicted octanol–water partition coefficient (Wildman–Crippen LogP) is 4.19. The predicted molar refractivity (Wildman–Crippen MR) is 149 cm³/mol. The number of aromatic nitrogens is 2. The van der Waals surface area contributed by atoms with Gasteiger partial charge in [0.05, 0.1) is 38.7 Å². The topological polar surface area (TPSA) is 108 Å². The molecule has 1 amide bonds. The van der Waals surface area contributed by atoms with Gasteiger partial charge >= 0.3 is 0 Å². The second kappa shape index (κ2) is 10.7. The molecule has 2 aliphatic heterocycles. The number of hydrogen-bond acceptors (Lipinski definition) is 9. The number of thioether (sulfide) groups is 1. The van der Waals surface area contributed by atoms with Gasteiger partial charge < -0.3 is 15.5 Å². The Morgan fingerprint density at radius 3 is 2.54 bits per heavy atom. The van der Waals surface area contributed by atoms with E-state index in [4.69, 9.17) is 23.2 Å². The summed E-state index contributed by atoms with van der Waals surface area (Å²) in [6, 6.07) is 11.0. The van der Waals surface area contributed by atoms with Gasteiger partial charge in [-0.05, 0) is 42.9 Å². The zero-order valence-corrected chi connectivity index (χ0v) is 23.0. The molecule has 0 saturated carbocycles. The first-order valence-corrected chi connectivity index (χ1v) is 15.1. The lowest BCUT2D eigenvalue weighted by Gasteiger charge is -2.31. The third-order valence-electron chi connectivity index (χ3n) is 6.16. The fourth-order valence-corrected chi connectivity index (χ4v) is 7.06. The summed E-state index contributed by atoms with van der Waals surface area (Å²) in [5.41, 5.74) is 3.67. The molecule has 13 heteroatoms. The normalized spacial score (nSPS) is 17.0. The van der Waals surface area contributed by atoms with Crippen LogP contribution in [-0.4, -0.2) is 61.8 Å². The SMILES string of the molecule is CNCc1cc(Nc2ncc3c(n2)SCN(c2c(Cl)cccc2Cl)C3=O)ccc1N1CCS(=O)(=O)CC1. The number of anilines is 4. The number of benzene rings is 2. The molecular formula is C24H24Cl2N6O3S2. The molecule has 2 aliphatic rings. The summed E-state index contributed by atoms with van der Waals surface area (Å²) in [6.07, 6.45) is 1.51. The molecule has 0 aliphatic carbocycles. The third-order valence-corrected chi connectivity index (χ3v) is 9.35. The molecule has 2 aromatic carbocycles. The minimum atomic E-state index is -2.96. The molecule has 3 aromatic rings. The van der Waals surface area contributed by atoms with Gasteiger partial charge in [0.1, 0.15) is 5.03 Å². The first-order valence-electron chi connectivity index (χ1n) is 11.5. The first-order chi connectivity index (χ1) is 17.8. The number of para-hydroxylation sites is 1. The Morgan fingerprint density at radius 1 is 1.11 bits per heavy atom. The number of halogens is 2. The van der Waals surface area contributed by atoms with E-state index in [1.54, 1.807) is 18.2 Å². The highest BCUT2D eigenvalue weighted by Crippen LogP contribution is 2.39. The Morgan fingerprint density at radius 2 is 1.84 bits per heavy atom. The molecule has 0 unspecified atom stereocenters. The maximum absolute atomic E-state index is 13.2. The Balaban J connectivity index is 1.36. The van der Waals surface area contributed by atoms with Crippen LogP contribution in [0.1, 0.15) is 15.9 Å². The van der Waals surface area contributed by atoms with Crippen molar-refractivity contribution in [2.24, 2.45) is 0 Å². The third kappa shape index (κ3) is 5.51. The van der Waals surface area contributed by atoms with E-state index in [1.807, 2.05) is 25.2 Å².